The zero-order valence-corrected chi connectivity index (χ0v) is 9.17. The van der Waals surface area contributed by atoms with Gasteiger partial charge in [0, 0.05) is 11.6 Å². The Morgan fingerprint density at radius 2 is 2.07 bits per heavy atom. The molecule has 15 heavy (non-hydrogen) atoms. The maximum Gasteiger partial charge on any atom is 0.307 e. The molecule has 0 aromatic heterocycles. The van der Waals surface area contributed by atoms with Gasteiger partial charge in [0.1, 0.15) is 11.5 Å². The van der Waals surface area contributed by atoms with Crippen LogP contribution in [0, 0.1) is 0 Å². The van der Waals surface area contributed by atoms with Crippen molar-refractivity contribution in [2.75, 3.05) is 14.2 Å². The lowest BCUT2D eigenvalue weighted by atomic mass is 10.1. The van der Waals surface area contributed by atoms with Crippen molar-refractivity contribution < 1.29 is 19.4 Å². The van der Waals surface area contributed by atoms with Gasteiger partial charge in [0.2, 0.25) is 0 Å². The zero-order chi connectivity index (χ0) is 11.4. The van der Waals surface area contributed by atoms with Gasteiger partial charge >= 0.3 is 5.97 Å². The minimum absolute atomic E-state index is 0.153. The third-order valence-corrected chi connectivity index (χ3v) is 2.16. The van der Waals surface area contributed by atoms with Crippen molar-refractivity contribution >= 4 is 17.6 Å². The van der Waals surface area contributed by atoms with E-state index < -0.39 is 5.97 Å². The number of carbonyl (C=O) groups is 1. The van der Waals surface area contributed by atoms with E-state index in [1.54, 1.807) is 12.1 Å². The molecule has 0 saturated carbocycles. The second kappa shape index (κ2) is 4.89. The van der Waals surface area contributed by atoms with E-state index in [0.717, 1.165) is 0 Å². The largest absolute Gasteiger partial charge is 0.497 e. The maximum atomic E-state index is 10.6. The number of carboxylic acid groups (broad SMARTS) is 1. The Kier molecular flexibility index (Phi) is 3.80. The Hall–Kier alpha value is -1.42. The molecule has 0 saturated heterocycles. The molecule has 0 radical (unpaired) electrons. The van der Waals surface area contributed by atoms with E-state index >= 15 is 0 Å². The summed E-state index contributed by atoms with van der Waals surface area (Å²) in [5, 5.41) is 9.04. The lowest BCUT2D eigenvalue weighted by molar-refractivity contribution is -0.136. The fourth-order valence-electron chi connectivity index (χ4n) is 1.26. The van der Waals surface area contributed by atoms with Gasteiger partial charge < -0.3 is 14.6 Å². The van der Waals surface area contributed by atoms with Gasteiger partial charge in [-0.05, 0) is 6.07 Å². The van der Waals surface area contributed by atoms with Crippen LogP contribution in [0.5, 0.6) is 11.5 Å². The van der Waals surface area contributed by atoms with Gasteiger partial charge in [-0.3, -0.25) is 4.79 Å². The second-order valence-corrected chi connectivity index (χ2v) is 3.28. The summed E-state index contributed by atoms with van der Waals surface area (Å²) in [6.45, 7) is 0. The quantitative estimate of drug-likeness (QED) is 0.860. The van der Waals surface area contributed by atoms with Crippen LogP contribution in [0.2, 0.25) is 5.02 Å². The molecule has 5 heteroatoms. The molecule has 1 rings (SSSR count). The number of rotatable bonds is 4. The Bertz CT molecular complexity index is 376. The molecule has 0 atom stereocenters. The Balaban J connectivity index is 3.19. The summed E-state index contributed by atoms with van der Waals surface area (Å²) in [4.78, 5) is 10.6. The summed E-state index contributed by atoms with van der Waals surface area (Å²) in [5.41, 5.74) is 0.495. The molecule has 82 valence electrons. The number of methoxy groups -OCH3 is 2. The van der Waals surface area contributed by atoms with Gasteiger partial charge in [-0.25, -0.2) is 0 Å². The molecule has 0 aliphatic carbocycles. The third-order valence-electron chi connectivity index (χ3n) is 1.88. The molecule has 0 aliphatic heterocycles. The smallest absolute Gasteiger partial charge is 0.307 e. The van der Waals surface area contributed by atoms with Gasteiger partial charge in [0.05, 0.1) is 25.7 Å². The van der Waals surface area contributed by atoms with Crippen LogP contribution < -0.4 is 9.47 Å². The summed E-state index contributed by atoms with van der Waals surface area (Å²) in [5.74, 6) is -0.0606. The van der Waals surface area contributed by atoms with E-state index in [1.807, 2.05) is 0 Å². The van der Waals surface area contributed by atoms with Gasteiger partial charge in [-0.2, -0.15) is 0 Å². The molecule has 1 N–H and O–H groups in total. The number of carboxylic acids is 1. The molecule has 0 heterocycles. The Labute approximate surface area is 92.4 Å². The number of hydrogen-bond acceptors (Lipinski definition) is 3. The molecule has 0 unspecified atom stereocenters. The lowest BCUT2D eigenvalue weighted by Crippen LogP contribution is -2.03. The zero-order valence-electron chi connectivity index (χ0n) is 8.41. The van der Waals surface area contributed by atoms with E-state index in [0.29, 0.717) is 22.1 Å². The van der Waals surface area contributed by atoms with Crippen molar-refractivity contribution in [3.8, 4) is 11.5 Å². The van der Waals surface area contributed by atoms with Crippen molar-refractivity contribution in [1.82, 2.24) is 0 Å². The van der Waals surface area contributed by atoms with Crippen LogP contribution in [-0.4, -0.2) is 25.3 Å². The summed E-state index contributed by atoms with van der Waals surface area (Å²) in [6, 6.07) is 3.17. The van der Waals surface area contributed by atoms with Gasteiger partial charge in [-0.1, -0.05) is 11.6 Å². The van der Waals surface area contributed by atoms with Gasteiger partial charge in [0.15, 0.2) is 0 Å². The minimum Gasteiger partial charge on any atom is -0.497 e. The first-order chi connectivity index (χ1) is 7.08. The van der Waals surface area contributed by atoms with Crippen LogP contribution in [0.15, 0.2) is 12.1 Å². The second-order valence-electron chi connectivity index (χ2n) is 2.87. The molecule has 0 amide bonds. The molecule has 4 nitrogen and oxygen atoms in total. The van der Waals surface area contributed by atoms with E-state index in [4.69, 9.17) is 26.2 Å². The predicted octanol–water partition coefficient (Wildman–Crippen LogP) is 1.98. The molecule has 0 bridgehead atoms. The molecule has 0 aliphatic rings. The van der Waals surface area contributed by atoms with Crippen molar-refractivity contribution in [2.45, 2.75) is 6.42 Å². The first-order valence-electron chi connectivity index (χ1n) is 4.20. The van der Waals surface area contributed by atoms with Gasteiger partial charge in [-0.15, -0.1) is 0 Å². The first kappa shape index (κ1) is 11.7. The first-order valence-corrected chi connectivity index (χ1v) is 4.58. The number of hydrogen-bond donors (Lipinski definition) is 1. The highest BCUT2D eigenvalue weighted by atomic mass is 35.5. The number of aliphatic carboxylic acids is 1. The minimum atomic E-state index is -0.947. The fourth-order valence-corrected chi connectivity index (χ4v) is 1.57. The average molecular weight is 231 g/mol. The third kappa shape index (κ3) is 2.76. The number of ether oxygens (including phenoxy) is 2. The van der Waals surface area contributed by atoms with E-state index in [-0.39, 0.29) is 6.42 Å². The predicted molar refractivity (Wildman–Crippen MR) is 55.9 cm³/mol. The standard InChI is InChI=1S/C10H11ClO4/c1-14-7-3-6(4-9(12)13)10(15-2)8(11)5-7/h3,5H,4H2,1-2H3,(H,12,13). The topological polar surface area (TPSA) is 55.8 Å². The molecule has 1 aromatic carbocycles. The fraction of sp³-hybridized carbons (Fsp3) is 0.300. The summed E-state index contributed by atoms with van der Waals surface area (Å²) in [6.07, 6.45) is -0.153. The van der Waals surface area contributed by atoms with Crippen LogP contribution >= 0.6 is 11.6 Å². The van der Waals surface area contributed by atoms with Crippen LogP contribution in [0.1, 0.15) is 5.56 Å². The van der Waals surface area contributed by atoms with Crippen molar-refractivity contribution in [1.29, 1.82) is 0 Å². The maximum absolute atomic E-state index is 10.6. The monoisotopic (exact) mass is 230 g/mol. The van der Waals surface area contributed by atoms with Crippen molar-refractivity contribution in [2.24, 2.45) is 0 Å². The summed E-state index contributed by atoms with van der Waals surface area (Å²) in [7, 11) is 2.93. The van der Waals surface area contributed by atoms with Crippen molar-refractivity contribution in [3.63, 3.8) is 0 Å². The molecular weight excluding hydrogens is 220 g/mol. The summed E-state index contributed by atoms with van der Waals surface area (Å²) < 4.78 is 10.0. The van der Waals surface area contributed by atoms with E-state index in [9.17, 15) is 4.79 Å². The van der Waals surface area contributed by atoms with Crippen LogP contribution in [-0.2, 0) is 11.2 Å². The van der Waals surface area contributed by atoms with Crippen LogP contribution in [0.3, 0.4) is 0 Å². The molecular formula is C10H11ClO4. The number of halogens is 1. The Morgan fingerprint density at radius 3 is 2.53 bits per heavy atom. The highest BCUT2D eigenvalue weighted by molar-refractivity contribution is 6.32. The van der Waals surface area contributed by atoms with Crippen molar-refractivity contribution in [3.05, 3.63) is 22.7 Å². The lowest BCUT2D eigenvalue weighted by Gasteiger charge is -2.10. The molecule has 0 fully saturated rings. The highest BCUT2D eigenvalue weighted by Crippen LogP contribution is 2.33. The summed E-state index contributed by atoms with van der Waals surface area (Å²) >= 11 is 5.90. The Morgan fingerprint density at radius 1 is 1.40 bits per heavy atom. The van der Waals surface area contributed by atoms with Gasteiger partial charge in [0.25, 0.3) is 0 Å². The van der Waals surface area contributed by atoms with Crippen LogP contribution in [0.4, 0.5) is 0 Å². The normalized spacial score (nSPS) is 9.80. The number of benzene rings is 1. The van der Waals surface area contributed by atoms with E-state index in [1.165, 1.54) is 14.2 Å². The SMILES string of the molecule is COc1cc(Cl)c(OC)c(CC(=O)O)c1. The average Bonchev–Trinajstić information content (AvgIpc) is 2.16. The molecule has 0 spiro atoms. The van der Waals surface area contributed by atoms with Crippen LogP contribution in [0.25, 0.3) is 0 Å². The van der Waals surface area contributed by atoms with E-state index in [2.05, 4.69) is 0 Å². The highest BCUT2D eigenvalue weighted by Gasteiger charge is 2.13. The molecule has 1 aromatic rings.